The maximum absolute atomic E-state index is 15.7. The number of fused-ring (bicyclic) bond motifs is 4. The molecule has 0 bridgehead atoms. The molecule has 8 rings (SSSR count). The molecule has 131 heavy (non-hydrogen) atoms. The maximum atomic E-state index is 15.7. The zero-order valence-electron chi connectivity index (χ0n) is 75.3. The average Bonchev–Trinajstić information content (AvgIpc) is 1.67. The number of carbonyl (C=O) groups is 17. The number of aliphatic hydroxyl groups is 2. The molecule has 0 aliphatic carbocycles. The minimum absolute atomic E-state index is 0.00642. The third kappa shape index (κ3) is 28.6. The third-order valence-electron chi connectivity index (χ3n) is 23.9. The van der Waals surface area contributed by atoms with Crippen molar-refractivity contribution in [3.63, 3.8) is 0 Å². The number of phenols is 1. The van der Waals surface area contributed by atoms with Crippen molar-refractivity contribution in [3.8, 4) is 5.75 Å². The van der Waals surface area contributed by atoms with Gasteiger partial charge in [-0.05, 0) is 105 Å². The summed E-state index contributed by atoms with van der Waals surface area (Å²) >= 11 is 0.798. The molecule has 17 amide bonds. The van der Waals surface area contributed by atoms with E-state index < -0.39 is 247 Å². The molecular weight excluding hydrogens is 1720 g/mol. The number of benzene rings is 3. The van der Waals surface area contributed by atoms with Crippen LogP contribution in [0.3, 0.4) is 0 Å². The molecule has 42 nitrogen and oxygen atoms in total. The Hall–Kier alpha value is -12.3. The maximum Gasteiger partial charge on any atom is 0.246 e. The predicted octanol–water partition coefficient (Wildman–Crippen LogP) is -3.27. The summed E-state index contributed by atoms with van der Waals surface area (Å²) in [5.41, 5.74) is 31.5. The van der Waals surface area contributed by atoms with Gasteiger partial charge in [-0.2, -0.15) is 0 Å². The Bertz CT molecular complexity index is 4900. The first-order valence-electron chi connectivity index (χ1n) is 44.2. The summed E-state index contributed by atoms with van der Waals surface area (Å²) in [6, 6.07) is -2.57. The van der Waals surface area contributed by atoms with E-state index in [9.17, 15) is 63.3 Å². The molecule has 2 aromatic heterocycles. The number of hydrogen-bond acceptors (Lipinski definition) is 24. The van der Waals surface area contributed by atoms with Gasteiger partial charge in [0.15, 0.2) is 0 Å². The lowest BCUT2D eigenvalue weighted by Gasteiger charge is -2.36. The highest BCUT2D eigenvalue weighted by atomic mass is 32.2. The molecule has 716 valence electrons. The number of phenolic OH excluding ortho intramolecular Hbond substituents is 1. The van der Waals surface area contributed by atoms with Crippen LogP contribution in [0.2, 0.25) is 0 Å². The zero-order chi connectivity index (χ0) is 96.4. The molecule has 3 aliphatic rings. The van der Waals surface area contributed by atoms with E-state index in [1.54, 1.807) is 81.7 Å². The summed E-state index contributed by atoms with van der Waals surface area (Å²) < 4.78 is 0. The molecule has 3 fully saturated rings. The highest BCUT2D eigenvalue weighted by Crippen LogP contribution is 2.31. The molecule has 43 heteroatoms. The van der Waals surface area contributed by atoms with Crippen LogP contribution < -0.4 is 81.8 Å². The predicted molar refractivity (Wildman–Crippen MR) is 483 cm³/mol. The van der Waals surface area contributed by atoms with Gasteiger partial charge in [-0.3, -0.25) is 86.8 Å². The van der Waals surface area contributed by atoms with Gasteiger partial charge in [0.1, 0.15) is 96.6 Å². The summed E-state index contributed by atoms with van der Waals surface area (Å²) in [7, 11) is 3.92. The fourth-order valence-electron chi connectivity index (χ4n) is 16.4. The van der Waals surface area contributed by atoms with Gasteiger partial charge in [0.2, 0.25) is 100 Å². The third-order valence-corrected chi connectivity index (χ3v) is 24.9. The number of amides is 17. The van der Waals surface area contributed by atoms with E-state index in [1.807, 2.05) is 13.8 Å². The number of aromatic nitrogens is 2. The number of thioether (sulfide) groups is 1. The van der Waals surface area contributed by atoms with Crippen LogP contribution in [-0.2, 0) is 94.3 Å². The summed E-state index contributed by atoms with van der Waals surface area (Å²) in [5.74, 6) is -19.2. The Kier molecular flexibility index (Phi) is 39.0. The van der Waals surface area contributed by atoms with Crippen LogP contribution in [0.4, 0.5) is 0 Å². The molecule has 3 aliphatic heterocycles. The van der Waals surface area contributed by atoms with Crippen LogP contribution >= 0.6 is 11.8 Å². The Morgan fingerprint density at radius 1 is 0.542 bits per heavy atom. The number of rotatable bonds is 25. The second-order valence-electron chi connectivity index (χ2n) is 34.2. The van der Waals surface area contributed by atoms with Gasteiger partial charge in [-0.15, -0.1) is 11.8 Å². The number of carbonyl (C=O) groups excluding carboxylic acids is 17. The number of nitrogens with zero attached hydrogens (tertiary/aromatic N) is 5. The molecule has 16 atom stereocenters. The smallest absolute Gasteiger partial charge is 0.246 e. The molecule has 25 N–H and O–H groups in total. The van der Waals surface area contributed by atoms with Crippen LogP contribution in [0, 0.1) is 5.92 Å². The highest BCUT2D eigenvalue weighted by Gasteiger charge is 2.47. The largest absolute Gasteiger partial charge is 0.508 e. The van der Waals surface area contributed by atoms with Crippen molar-refractivity contribution in [2.24, 2.45) is 34.6 Å². The van der Waals surface area contributed by atoms with Crippen LogP contribution in [0.15, 0.2) is 85.2 Å². The lowest BCUT2D eigenvalue weighted by molar-refractivity contribution is -0.149. The number of H-pyrrole nitrogens is 2. The highest BCUT2D eigenvalue weighted by molar-refractivity contribution is 8.00. The summed E-state index contributed by atoms with van der Waals surface area (Å²) in [4.78, 5) is 260. The van der Waals surface area contributed by atoms with Crippen LogP contribution in [-0.4, -0.2) is 306 Å². The summed E-state index contributed by atoms with van der Waals surface area (Å²) in [6.07, 6.45) is -0.232. The molecule has 0 spiro atoms. The number of unbranched alkanes of at least 4 members (excludes halogenated alkanes) is 2. The van der Waals surface area contributed by atoms with Gasteiger partial charge in [0, 0.05) is 99.4 Å². The first-order valence-corrected chi connectivity index (χ1v) is 45.3. The fourth-order valence-corrected chi connectivity index (χ4v) is 17.3. The Morgan fingerprint density at radius 3 is 1.72 bits per heavy atom. The number of hydrogen-bond donors (Lipinski definition) is 20. The first-order chi connectivity index (χ1) is 62.2. The van der Waals surface area contributed by atoms with Crippen molar-refractivity contribution in [3.05, 3.63) is 102 Å². The van der Waals surface area contributed by atoms with Gasteiger partial charge >= 0.3 is 0 Å². The summed E-state index contributed by atoms with van der Waals surface area (Å²) in [5, 5.41) is 60.6. The van der Waals surface area contributed by atoms with E-state index in [0.29, 0.717) is 64.2 Å². The molecule has 3 aromatic carbocycles. The van der Waals surface area contributed by atoms with Crippen molar-refractivity contribution >= 4 is 134 Å². The minimum atomic E-state index is -1.90. The van der Waals surface area contributed by atoms with E-state index in [-0.39, 0.29) is 82.4 Å². The molecule has 5 aromatic rings. The average molecular weight is 1850 g/mol. The second-order valence-corrected chi connectivity index (χ2v) is 35.2. The number of aromatic amines is 2. The van der Waals surface area contributed by atoms with Crippen LogP contribution in [0.25, 0.3) is 21.8 Å². The number of aliphatic hydroxyl groups excluding tert-OH is 2. The van der Waals surface area contributed by atoms with E-state index in [2.05, 4.69) is 63.1 Å². The van der Waals surface area contributed by atoms with E-state index >= 15 is 33.6 Å². The van der Waals surface area contributed by atoms with Crippen LogP contribution in [0.1, 0.15) is 154 Å². The first kappa shape index (κ1) is 104. The standard InChI is InChI=1S/C88H128N22O20S/c1-10-12-25-66-79(122)98-58(24-18-32-94-88(92)93)76(119)104-65(74(91)117)44-131-45-72(116)97-61(35-49-28-30-51(112)31-29-49)83(126)106(7)48(6)75(118)100-63(39-71(90)115)85(128)109-33-19-27-67(109)80(123)99-59(38-70(89)114)77(120)101-60(34-46(3)4)86(129)110-42-52(113)37-69(110)81(124)105-73(47(5)55-41-96-57-23-17-15-21-54(55)57)82(125)103-64(43-111)78(121)102-62(36-50-40-95-56-22-16-14-20-53(50)56)84(127)108(9)68(26-13-11-2)87(130)107(66)8/h14-17,20-23,28-31,40-41,46-48,52,58-69,73,88,94-96,111-113H,10-13,18-19,24-27,32-39,42-45,92-93H2,1-9H3,(H2,89,114)(H2,90,115)(H2,91,117)(H,97,116)(H,98,122)(H,99,123)(H,100,118)(H,101,120)(H,102,121)(H,103,125)(H,104,119)(H,105,124)/t47-,48-,52+,58-,59-,60-,61-,62-,63-,64-,65-,66-,67-,68-,69-,73-/m0/s1. The van der Waals surface area contributed by atoms with Crippen molar-refractivity contribution in [2.45, 2.75) is 247 Å². The van der Waals surface area contributed by atoms with Crippen molar-refractivity contribution < 1.29 is 96.8 Å². The topological polar surface area (TPSA) is 649 Å². The van der Waals surface area contributed by atoms with Crippen molar-refractivity contribution in [2.75, 3.05) is 58.9 Å². The van der Waals surface area contributed by atoms with Gasteiger partial charge < -0.3 is 126 Å². The molecule has 5 heterocycles. The monoisotopic (exact) mass is 1840 g/mol. The van der Waals surface area contributed by atoms with E-state index in [4.69, 9.17) is 28.7 Å². The lowest BCUT2D eigenvalue weighted by Crippen LogP contribution is -2.62. The Labute approximate surface area is 763 Å². The molecule has 0 unspecified atom stereocenters. The van der Waals surface area contributed by atoms with Crippen molar-refractivity contribution in [1.29, 1.82) is 0 Å². The van der Waals surface area contributed by atoms with E-state index in [0.717, 1.165) is 31.4 Å². The number of para-hydroxylation sites is 2. The van der Waals surface area contributed by atoms with Gasteiger partial charge in [-0.1, -0.05) is 109 Å². The van der Waals surface area contributed by atoms with Gasteiger partial charge in [0.25, 0.3) is 0 Å². The number of nitrogens with two attached hydrogens (primary N) is 5. The molecule has 0 radical (unpaired) electrons. The van der Waals surface area contributed by atoms with Gasteiger partial charge in [-0.25, -0.2) is 0 Å². The second kappa shape index (κ2) is 49.1. The number of aromatic hydroxyl groups is 1. The quantitative estimate of drug-likeness (QED) is 0.0201. The summed E-state index contributed by atoms with van der Waals surface area (Å²) in [6.45, 7) is 8.27. The molecule has 0 saturated carbocycles. The molecule has 3 saturated heterocycles. The van der Waals surface area contributed by atoms with Crippen LogP contribution in [0.5, 0.6) is 5.75 Å². The SMILES string of the molecule is CCCC[C@H]1C(=O)N(C)[C@@H](CCCC)C(=O)N[C@@H](CCCNC(N)N)C(=O)N[C@H](C(N)=O)CSCC(=O)N[C@@H](Cc2ccc(O)cc2)C(=O)N(C)[C@@H](C)C(=O)N[C@@H](CC(N)=O)C(=O)N2CCC[C@H]2C(=O)N[C@@H](CC(N)=O)C(=O)N[C@@H](CC(C)C)C(=O)N2C[C@H](O)C[C@H]2C(=O)N[C@@H]([C@@H](C)c2c[nH]c3ccccc23)C(=O)N[C@@H](CO)C(=O)N[C@@H](Cc2c[nH]c3ccccc23)C(=O)N1C. The number of primary amides is 3. The fraction of sp³-hybridized carbons (Fsp3) is 0.557. The minimum Gasteiger partial charge on any atom is -0.508 e. The number of nitrogens with one attached hydrogen (secondary N) is 12. The van der Waals surface area contributed by atoms with Crippen molar-refractivity contribution in [1.82, 2.24) is 87.6 Å². The number of likely N-dealkylation sites (N-methyl/N-ethyl adjacent to an activating group) is 3. The lowest BCUT2D eigenvalue weighted by atomic mass is 9.91. The Morgan fingerprint density at radius 2 is 1.08 bits per heavy atom. The Balaban J connectivity index is 1.19. The van der Waals surface area contributed by atoms with E-state index in [1.165, 1.54) is 57.2 Å². The zero-order valence-corrected chi connectivity index (χ0v) is 76.2. The van der Waals surface area contributed by atoms with Gasteiger partial charge in [0.05, 0.1) is 31.3 Å². The normalized spacial score (nSPS) is 25.5. The molecular formula is C88H128N22O20S.